The first-order valence-electron chi connectivity index (χ1n) is 10.8. The van der Waals surface area contributed by atoms with Gasteiger partial charge in [-0.3, -0.25) is 9.59 Å². The quantitative estimate of drug-likeness (QED) is 0.807. The fraction of sp³-hybridized carbons (Fsp3) is 0.762. The topological polar surface area (TPSA) is 101 Å². The zero-order valence-electron chi connectivity index (χ0n) is 16.7. The Balaban J connectivity index is 1.23. The number of amides is 2. The van der Waals surface area contributed by atoms with Crippen LogP contribution < -0.4 is 11.1 Å². The van der Waals surface area contributed by atoms with E-state index in [0.29, 0.717) is 23.4 Å². The van der Waals surface area contributed by atoms with Crippen molar-refractivity contribution in [3.8, 4) is 0 Å². The van der Waals surface area contributed by atoms with E-state index in [-0.39, 0.29) is 23.9 Å². The smallest absolute Gasteiger partial charge is 0.273 e. The molecular formula is C21H32N4O3. The molecule has 2 amide bonds. The zero-order valence-corrected chi connectivity index (χ0v) is 16.7. The lowest BCUT2D eigenvalue weighted by atomic mass is 9.84. The van der Waals surface area contributed by atoms with Gasteiger partial charge in [-0.25, -0.2) is 0 Å². The minimum Gasteiger partial charge on any atom is -0.360 e. The number of carbonyl (C=O) groups excluding carboxylic acids is 2. The molecule has 1 saturated heterocycles. The van der Waals surface area contributed by atoms with Crippen LogP contribution in [0.4, 0.5) is 0 Å². The minimum absolute atomic E-state index is 0.0542. The second kappa shape index (κ2) is 8.23. The van der Waals surface area contributed by atoms with Crippen LogP contribution in [-0.2, 0) is 4.79 Å². The lowest BCUT2D eigenvalue weighted by Gasteiger charge is -2.37. The first-order chi connectivity index (χ1) is 13.5. The molecule has 7 nitrogen and oxygen atoms in total. The van der Waals surface area contributed by atoms with E-state index in [1.54, 1.807) is 6.07 Å². The molecule has 0 radical (unpaired) electrons. The van der Waals surface area contributed by atoms with Crippen LogP contribution in [0.1, 0.15) is 80.5 Å². The highest BCUT2D eigenvalue weighted by Gasteiger charge is 2.33. The molecule has 1 aromatic heterocycles. The number of likely N-dealkylation sites (tertiary alicyclic amines) is 1. The molecule has 0 unspecified atom stereocenters. The second-order valence-corrected chi connectivity index (χ2v) is 8.93. The van der Waals surface area contributed by atoms with Gasteiger partial charge in [0.1, 0.15) is 5.76 Å². The molecule has 0 bridgehead atoms. The third-order valence-corrected chi connectivity index (χ3v) is 6.78. The summed E-state index contributed by atoms with van der Waals surface area (Å²) in [6.45, 7) is 3.61. The maximum Gasteiger partial charge on any atom is 0.273 e. The van der Waals surface area contributed by atoms with Crippen molar-refractivity contribution in [2.75, 3.05) is 13.1 Å². The number of nitrogens with zero attached hydrogens (tertiary/aromatic N) is 2. The van der Waals surface area contributed by atoms with Crippen LogP contribution in [0.3, 0.4) is 0 Å². The van der Waals surface area contributed by atoms with E-state index in [4.69, 9.17) is 10.3 Å². The van der Waals surface area contributed by atoms with Crippen molar-refractivity contribution in [1.82, 2.24) is 15.4 Å². The molecular weight excluding hydrogens is 356 g/mol. The lowest BCUT2D eigenvalue weighted by Crippen LogP contribution is -2.47. The number of carbonyl (C=O) groups is 2. The molecule has 2 heterocycles. The van der Waals surface area contributed by atoms with Gasteiger partial charge in [0.15, 0.2) is 5.69 Å². The van der Waals surface area contributed by atoms with Crippen molar-refractivity contribution in [2.45, 2.75) is 76.3 Å². The maximum absolute atomic E-state index is 12.8. The number of nitrogens with one attached hydrogen (secondary N) is 1. The standard InChI is InChI=1S/C21H32N4O3/c1-13(23-20(26)18-12-19(28-24-18)15-2-3-15)14-8-10-25(11-9-14)21(27)16-4-6-17(22)7-5-16/h12-17H,2-11,22H2,1H3,(H,23,26)/t13-,16-,17-/m0/s1. The summed E-state index contributed by atoms with van der Waals surface area (Å²) in [5, 5.41) is 6.99. The average molecular weight is 389 g/mol. The first kappa shape index (κ1) is 19.4. The Hall–Kier alpha value is -1.89. The van der Waals surface area contributed by atoms with Crippen LogP contribution in [0.5, 0.6) is 0 Å². The van der Waals surface area contributed by atoms with Gasteiger partial charge in [0, 0.05) is 43.1 Å². The Bertz CT molecular complexity index is 698. The minimum atomic E-state index is -0.166. The molecule has 154 valence electrons. The van der Waals surface area contributed by atoms with Crippen LogP contribution in [0.15, 0.2) is 10.6 Å². The van der Waals surface area contributed by atoms with Crippen LogP contribution in [0.25, 0.3) is 0 Å². The van der Waals surface area contributed by atoms with E-state index in [9.17, 15) is 9.59 Å². The van der Waals surface area contributed by atoms with Gasteiger partial charge >= 0.3 is 0 Å². The zero-order chi connectivity index (χ0) is 19.7. The number of hydrogen-bond donors (Lipinski definition) is 2. The Morgan fingerprint density at radius 2 is 1.82 bits per heavy atom. The van der Waals surface area contributed by atoms with E-state index >= 15 is 0 Å². The van der Waals surface area contributed by atoms with E-state index in [0.717, 1.165) is 70.2 Å². The number of rotatable bonds is 5. The molecule has 3 N–H and O–H groups in total. The molecule has 2 aliphatic carbocycles. The molecule has 7 heteroatoms. The Labute approximate surface area is 166 Å². The van der Waals surface area contributed by atoms with Gasteiger partial charge in [0.2, 0.25) is 5.91 Å². The summed E-state index contributed by atoms with van der Waals surface area (Å²) < 4.78 is 5.28. The van der Waals surface area contributed by atoms with Gasteiger partial charge in [-0.1, -0.05) is 5.16 Å². The highest BCUT2D eigenvalue weighted by Crippen LogP contribution is 2.40. The molecule has 3 aliphatic rings. The summed E-state index contributed by atoms with van der Waals surface area (Å²) in [7, 11) is 0. The van der Waals surface area contributed by atoms with Crippen molar-refractivity contribution in [2.24, 2.45) is 17.6 Å². The molecule has 4 rings (SSSR count). The normalized spacial score (nSPS) is 27.4. The lowest BCUT2D eigenvalue weighted by molar-refractivity contribution is -0.138. The molecule has 1 aromatic rings. The van der Waals surface area contributed by atoms with Crippen molar-refractivity contribution >= 4 is 11.8 Å². The number of aromatic nitrogens is 1. The Morgan fingerprint density at radius 3 is 2.46 bits per heavy atom. The molecule has 1 aliphatic heterocycles. The van der Waals surface area contributed by atoms with Gasteiger partial charge in [-0.2, -0.15) is 0 Å². The van der Waals surface area contributed by atoms with Crippen LogP contribution in [0, 0.1) is 11.8 Å². The summed E-state index contributed by atoms with van der Waals surface area (Å²) in [6.07, 6.45) is 7.85. The average Bonchev–Trinajstić information content (AvgIpc) is 3.44. The fourth-order valence-corrected chi connectivity index (χ4v) is 4.60. The highest BCUT2D eigenvalue weighted by molar-refractivity contribution is 5.92. The third kappa shape index (κ3) is 4.40. The summed E-state index contributed by atoms with van der Waals surface area (Å²) in [4.78, 5) is 27.2. The van der Waals surface area contributed by atoms with Crippen molar-refractivity contribution in [3.63, 3.8) is 0 Å². The summed E-state index contributed by atoms with van der Waals surface area (Å²) in [5.41, 5.74) is 6.33. The van der Waals surface area contributed by atoms with E-state index in [2.05, 4.69) is 10.5 Å². The van der Waals surface area contributed by atoms with Gasteiger partial charge in [-0.15, -0.1) is 0 Å². The third-order valence-electron chi connectivity index (χ3n) is 6.78. The number of hydrogen-bond acceptors (Lipinski definition) is 5. The largest absolute Gasteiger partial charge is 0.360 e. The first-order valence-corrected chi connectivity index (χ1v) is 10.8. The Kier molecular flexibility index (Phi) is 5.71. The maximum atomic E-state index is 12.8. The van der Waals surface area contributed by atoms with Crippen molar-refractivity contribution < 1.29 is 14.1 Å². The molecule has 0 aromatic carbocycles. The van der Waals surface area contributed by atoms with Gasteiger partial charge in [0.25, 0.3) is 5.91 Å². The van der Waals surface area contributed by atoms with Crippen LogP contribution in [0.2, 0.25) is 0 Å². The summed E-state index contributed by atoms with van der Waals surface area (Å²) in [5.74, 6) is 1.95. The molecule has 0 spiro atoms. The Morgan fingerprint density at radius 1 is 1.14 bits per heavy atom. The van der Waals surface area contributed by atoms with Crippen LogP contribution >= 0.6 is 0 Å². The van der Waals surface area contributed by atoms with Crippen LogP contribution in [-0.4, -0.2) is 47.0 Å². The number of piperidine rings is 1. The molecule has 28 heavy (non-hydrogen) atoms. The van der Waals surface area contributed by atoms with Gasteiger partial charge in [-0.05, 0) is 64.2 Å². The monoisotopic (exact) mass is 388 g/mol. The molecule has 2 saturated carbocycles. The van der Waals surface area contributed by atoms with E-state index in [1.807, 2.05) is 11.8 Å². The predicted molar refractivity (Wildman–Crippen MR) is 105 cm³/mol. The van der Waals surface area contributed by atoms with Gasteiger partial charge < -0.3 is 20.5 Å². The van der Waals surface area contributed by atoms with Crippen molar-refractivity contribution in [1.29, 1.82) is 0 Å². The molecule has 1 atom stereocenters. The second-order valence-electron chi connectivity index (χ2n) is 8.93. The summed E-state index contributed by atoms with van der Waals surface area (Å²) >= 11 is 0. The molecule has 3 fully saturated rings. The van der Waals surface area contributed by atoms with Crippen molar-refractivity contribution in [3.05, 3.63) is 17.5 Å². The fourth-order valence-electron chi connectivity index (χ4n) is 4.60. The van der Waals surface area contributed by atoms with Gasteiger partial charge in [0.05, 0.1) is 0 Å². The van der Waals surface area contributed by atoms with E-state index < -0.39 is 0 Å². The SMILES string of the molecule is C[C@H](NC(=O)c1cc(C2CC2)on1)C1CCN(C(=O)[C@H]2CC[C@H](N)CC2)CC1. The number of nitrogens with two attached hydrogens (primary N) is 1. The highest BCUT2D eigenvalue weighted by atomic mass is 16.5. The summed E-state index contributed by atoms with van der Waals surface area (Å²) in [6, 6.07) is 2.10. The van der Waals surface area contributed by atoms with E-state index in [1.165, 1.54) is 0 Å². The predicted octanol–water partition coefficient (Wildman–Crippen LogP) is 2.43.